The number of imidazole rings is 1. The van der Waals surface area contributed by atoms with E-state index in [1.165, 1.54) is 0 Å². The Morgan fingerprint density at radius 3 is 2.45 bits per heavy atom. The lowest BCUT2D eigenvalue weighted by Crippen LogP contribution is -2.39. The third-order valence-corrected chi connectivity index (χ3v) is 8.17. The molecule has 4 rings (SSSR count). The molecular weight excluding hydrogens is 478 g/mol. The summed E-state index contributed by atoms with van der Waals surface area (Å²) in [5, 5.41) is 1.83. The number of sulfone groups is 1. The lowest BCUT2D eigenvalue weighted by atomic mass is 10.0. The van der Waals surface area contributed by atoms with Crippen molar-refractivity contribution >= 4 is 42.4 Å². The van der Waals surface area contributed by atoms with Gasteiger partial charge < -0.3 is 9.47 Å². The molecule has 0 spiro atoms. The Morgan fingerprint density at radius 2 is 1.77 bits per heavy atom. The smallest absolute Gasteiger partial charge is 0.223 e. The molecule has 1 aliphatic heterocycles. The number of piperidine rings is 1. The molecule has 8 heteroatoms. The lowest BCUT2D eigenvalue weighted by molar-refractivity contribution is -0.132. The molecule has 0 radical (unpaired) electrons. The van der Waals surface area contributed by atoms with Crippen LogP contribution < -0.4 is 0 Å². The van der Waals surface area contributed by atoms with E-state index in [1.54, 1.807) is 23.1 Å². The van der Waals surface area contributed by atoms with E-state index in [0.29, 0.717) is 19.1 Å². The quantitative estimate of drug-likeness (QED) is 0.515. The molecule has 3 aromatic rings. The minimum atomic E-state index is -3.52. The molecule has 2 aromatic carbocycles. The Morgan fingerprint density at radius 1 is 1.10 bits per heavy atom. The SMILES string of the molecule is Cc1cn(C2CCN(C(=O)CCS(=O)(=O)c3ccc4cc(Br)ccc4c3)CC2)c(C)n1. The molecule has 0 unspecified atom stereocenters. The first-order chi connectivity index (χ1) is 14.7. The Kier molecular flexibility index (Phi) is 6.21. The van der Waals surface area contributed by atoms with Gasteiger partial charge in [-0.3, -0.25) is 4.79 Å². The van der Waals surface area contributed by atoms with Gasteiger partial charge in [-0.2, -0.15) is 0 Å². The summed E-state index contributed by atoms with van der Waals surface area (Å²) >= 11 is 3.43. The summed E-state index contributed by atoms with van der Waals surface area (Å²) in [5.41, 5.74) is 1.00. The zero-order valence-corrected chi connectivity index (χ0v) is 20.1. The summed E-state index contributed by atoms with van der Waals surface area (Å²) in [6, 6.07) is 11.2. The van der Waals surface area contributed by atoms with Crippen molar-refractivity contribution in [2.45, 2.75) is 44.0 Å². The second-order valence-electron chi connectivity index (χ2n) is 8.17. The van der Waals surface area contributed by atoms with Crippen molar-refractivity contribution in [2.75, 3.05) is 18.8 Å². The topological polar surface area (TPSA) is 72.3 Å². The van der Waals surface area contributed by atoms with Crippen LogP contribution in [0.25, 0.3) is 10.8 Å². The van der Waals surface area contributed by atoms with Crippen molar-refractivity contribution in [3.63, 3.8) is 0 Å². The zero-order chi connectivity index (χ0) is 22.2. The number of carbonyl (C=O) groups excluding carboxylic acids is 1. The van der Waals surface area contributed by atoms with Gasteiger partial charge in [-0.1, -0.05) is 28.1 Å². The van der Waals surface area contributed by atoms with E-state index in [0.717, 1.165) is 39.6 Å². The normalized spacial score (nSPS) is 15.5. The number of nitrogens with zero attached hydrogens (tertiary/aromatic N) is 3. The largest absolute Gasteiger partial charge is 0.343 e. The predicted molar refractivity (Wildman–Crippen MR) is 125 cm³/mol. The Labute approximate surface area is 191 Å². The molecule has 1 saturated heterocycles. The van der Waals surface area contributed by atoms with E-state index < -0.39 is 9.84 Å². The van der Waals surface area contributed by atoms with Crippen LogP contribution in [0.4, 0.5) is 0 Å². The van der Waals surface area contributed by atoms with E-state index in [4.69, 9.17) is 0 Å². The molecule has 1 amide bonds. The number of amides is 1. The van der Waals surface area contributed by atoms with Crippen molar-refractivity contribution in [2.24, 2.45) is 0 Å². The average molecular weight is 504 g/mol. The number of rotatable bonds is 5. The van der Waals surface area contributed by atoms with Crippen LogP contribution in [-0.2, 0) is 14.6 Å². The van der Waals surface area contributed by atoms with Crippen LogP contribution in [0.5, 0.6) is 0 Å². The molecule has 2 heterocycles. The minimum Gasteiger partial charge on any atom is -0.343 e. The fraction of sp³-hybridized carbons (Fsp3) is 0.391. The van der Waals surface area contributed by atoms with Crippen molar-refractivity contribution in [3.8, 4) is 0 Å². The molecule has 164 valence electrons. The molecule has 6 nitrogen and oxygen atoms in total. The van der Waals surface area contributed by atoms with Crippen molar-refractivity contribution < 1.29 is 13.2 Å². The first kappa shape index (κ1) is 22.0. The first-order valence-corrected chi connectivity index (χ1v) is 12.9. The van der Waals surface area contributed by atoms with Gasteiger partial charge in [0.2, 0.25) is 5.91 Å². The van der Waals surface area contributed by atoms with Crippen molar-refractivity contribution in [3.05, 3.63) is 58.6 Å². The summed E-state index contributed by atoms with van der Waals surface area (Å²) < 4.78 is 28.8. The van der Waals surface area contributed by atoms with E-state index in [-0.39, 0.29) is 23.0 Å². The highest BCUT2D eigenvalue weighted by Crippen LogP contribution is 2.26. The second kappa shape index (κ2) is 8.74. The number of hydrogen-bond donors (Lipinski definition) is 0. The van der Waals surface area contributed by atoms with E-state index in [1.807, 2.05) is 32.0 Å². The Bertz CT molecular complexity index is 1230. The molecule has 0 N–H and O–H groups in total. The molecular formula is C23H26BrN3O3S. The maximum Gasteiger partial charge on any atom is 0.223 e. The maximum absolute atomic E-state index is 12.8. The average Bonchev–Trinajstić information content (AvgIpc) is 3.09. The summed E-state index contributed by atoms with van der Waals surface area (Å²) in [7, 11) is -3.52. The fourth-order valence-corrected chi connectivity index (χ4v) is 5.93. The number of benzene rings is 2. The number of aryl methyl sites for hydroxylation is 2. The van der Waals surface area contributed by atoms with Gasteiger partial charge in [0, 0.05) is 36.2 Å². The van der Waals surface area contributed by atoms with Crippen LogP contribution in [0.2, 0.25) is 0 Å². The van der Waals surface area contributed by atoms with Gasteiger partial charge in [-0.25, -0.2) is 13.4 Å². The fourth-order valence-electron chi connectivity index (χ4n) is 4.29. The maximum atomic E-state index is 12.8. The molecule has 0 atom stereocenters. The molecule has 1 aromatic heterocycles. The van der Waals surface area contributed by atoms with Crippen LogP contribution in [0.15, 0.2) is 52.0 Å². The first-order valence-electron chi connectivity index (χ1n) is 10.4. The van der Waals surface area contributed by atoms with Gasteiger partial charge in [0.1, 0.15) is 5.82 Å². The molecule has 0 aliphatic carbocycles. The zero-order valence-electron chi connectivity index (χ0n) is 17.7. The van der Waals surface area contributed by atoms with Crippen LogP contribution in [0, 0.1) is 13.8 Å². The molecule has 0 saturated carbocycles. The summed E-state index contributed by atoms with van der Waals surface area (Å²) in [4.78, 5) is 19.2. The number of fused-ring (bicyclic) bond motifs is 1. The van der Waals surface area contributed by atoms with Crippen LogP contribution >= 0.6 is 15.9 Å². The third-order valence-electron chi connectivity index (χ3n) is 5.97. The highest BCUT2D eigenvalue weighted by Gasteiger charge is 2.26. The van der Waals surface area contributed by atoms with Gasteiger partial charge in [0.05, 0.1) is 16.3 Å². The number of aromatic nitrogens is 2. The molecule has 0 bridgehead atoms. The van der Waals surface area contributed by atoms with E-state index in [9.17, 15) is 13.2 Å². The number of carbonyl (C=O) groups is 1. The van der Waals surface area contributed by atoms with Gasteiger partial charge in [-0.05, 0) is 61.7 Å². The van der Waals surface area contributed by atoms with Crippen LogP contribution in [-0.4, -0.2) is 47.6 Å². The summed E-state index contributed by atoms with van der Waals surface area (Å²) in [5.74, 6) is 0.731. The van der Waals surface area contributed by atoms with Crippen LogP contribution in [0.3, 0.4) is 0 Å². The lowest BCUT2D eigenvalue weighted by Gasteiger charge is -2.33. The highest BCUT2D eigenvalue weighted by molar-refractivity contribution is 9.10. The van der Waals surface area contributed by atoms with Crippen molar-refractivity contribution in [1.29, 1.82) is 0 Å². The summed E-state index contributed by atoms with van der Waals surface area (Å²) in [6.07, 6.45) is 3.78. The third kappa shape index (κ3) is 4.85. The van der Waals surface area contributed by atoms with Gasteiger partial charge in [0.15, 0.2) is 9.84 Å². The van der Waals surface area contributed by atoms with Gasteiger partial charge >= 0.3 is 0 Å². The Hall–Kier alpha value is -2.19. The number of halogens is 1. The van der Waals surface area contributed by atoms with E-state index >= 15 is 0 Å². The highest BCUT2D eigenvalue weighted by atomic mass is 79.9. The predicted octanol–water partition coefficient (Wildman–Crippen LogP) is 4.44. The minimum absolute atomic E-state index is 0.00852. The molecule has 1 aliphatic rings. The summed E-state index contributed by atoms with van der Waals surface area (Å²) in [6.45, 7) is 5.27. The monoisotopic (exact) mass is 503 g/mol. The number of hydrogen-bond acceptors (Lipinski definition) is 4. The van der Waals surface area contributed by atoms with Gasteiger partial charge in [-0.15, -0.1) is 0 Å². The van der Waals surface area contributed by atoms with E-state index in [2.05, 4.69) is 31.7 Å². The number of likely N-dealkylation sites (tertiary alicyclic amines) is 1. The van der Waals surface area contributed by atoms with Crippen LogP contribution in [0.1, 0.15) is 36.8 Å². The van der Waals surface area contributed by atoms with Gasteiger partial charge in [0.25, 0.3) is 0 Å². The standard InChI is InChI=1S/C23H26BrN3O3S/c1-16-15-27(17(2)25-16)21-7-10-26(11-8-21)23(28)9-12-31(29,30)22-6-4-18-13-20(24)5-3-19(18)14-22/h3-6,13-15,21H,7-12H2,1-2H3. The molecule has 1 fully saturated rings. The molecule has 31 heavy (non-hydrogen) atoms. The Balaban J connectivity index is 1.36. The second-order valence-corrected chi connectivity index (χ2v) is 11.2. The van der Waals surface area contributed by atoms with Crippen molar-refractivity contribution in [1.82, 2.24) is 14.5 Å².